The number of rotatable bonds is 17. The van der Waals surface area contributed by atoms with Crippen LogP contribution in [0.3, 0.4) is 0 Å². The highest BCUT2D eigenvalue weighted by atomic mass is 16.6. The van der Waals surface area contributed by atoms with Gasteiger partial charge in [0.2, 0.25) is 11.8 Å². The predicted octanol–water partition coefficient (Wildman–Crippen LogP) is 8.54. The van der Waals surface area contributed by atoms with Gasteiger partial charge in [-0.05, 0) is 92.3 Å². The number of hydrogen-bond donors (Lipinski definition) is 3. The summed E-state index contributed by atoms with van der Waals surface area (Å²) in [7, 11) is 0. The van der Waals surface area contributed by atoms with E-state index in [-0.39, 0.29) is 18.2 Å². The number of nitrogens with one attached hydrogen (secondary N) is 3. The van der Waals surface area contributed by atoms with E-state index in [1.165, 1.54) is 11.1 Å². The van der Waals surface area contributed by atoms with E-state index in [9.17, 15) is 14.4 Å². The third kappa shape index (κ3) is 11.4. The molecule has 7 heteroatoms. The summed E-state index contributed by atoms with van der Waals surface area (Å²) in [6, 6.07) is 34.4. The number of esters is 1. The summed E-state index contributed by atoms with van der Waals surface area (Å²) >= 11 is 0. The van der Waals surface area contributed by atoms with Gasteiger partial charge in [-0.3, -0.25) is 14.4 Å². The molecule has 0 saturated heterocycles. The molecule has 0 spiro atoms. The first-order chi connectivity index (χ1) is 25.1. The van der Waals surface area contributed by atoms with E-state index in [1.807, 2.05) is 81.6 Å². The molecule has 2 atom stereocenters. The second kappa shape index (κ2) is 18.4. The highest BCUT2D eigenvalue weighted by Crippen LogP contribution is 2.24. The lowest BCUT2D eigenvalue weighted by atomic mass is 9.94. The van der Waals surface area contributed by atoms with Gasteiger partial charge in [-0.2, -0.15) is 0 Å². The number of aryl methyl sites for hydroxylation is 2. The summed E-state index contributed by atoms with van der Waals surface area (Å²) in [5, 5.41) is 7.10. The minimum absolute atomic E-state index is 0.0640. The van der Waals surface area contributed by atoms with Crippen LogP contribution in [0.2, 0.25) is 0 Å². The van der Waals surface area contributed by atoms with Crippen LogP contribution in [0, 0.1) is 5.92 Å². The van der Waals surface area contributed by atoms with E-state index in [1.54, 1.807) is 0 Å². The monoisotopic (exact) mass is 699 g/mol. The maximum atomic E-state index is 14.0. The Morgan fingerprint density at radius 1 is 0.731 bits per heavy atom. The predicted molar refractivity (Wildman–Crippen MR) is 210 cm³/mol. The molecule has 1 heterocycles. The van der Waals surface area contributed by atoms with Crippen molar-refractivity contribution in [2.24, 2.45) is 5.92 Å². The van der Waals surface area contributed by atoms with Crippen LogP contribution in [0.4, 0.5) is 0 Å². The Labute approximate surface area is 308 Å². The topological polar surface area (TPSA) is 100 Å². The lowest BCUT2D eigenvalue weighted by Crippen LogP contribution is -2.50. The Kier molecular flexibility index (Phi) is 13.4. The van der Waals surface area contributed by atoms with E-state index in [4.69, 9.17) is 4.74 Å². The fourth-order valence-corrected chi connectivity index (χ4v) is 6.60. The van der Waals surface area contributed by atoms with Crippen LogP contribution in [-0.4, -0.2) is 41.0 Å². The van der Waals surface area contributed by atoms with E-state index in [0.29, 0.717) is 32.2 Å². The van der Waals surface area contributed by atoms with Crippen molar-refractivity contribution in [3.05, 3.63) is 132 Å². The normalized spacial score (nSPS) is 12.6. The zero-order valence-corrected chi connectivity index (χ0v) is 31.0. The number of hydrogen-bond acceptors (Lipinski definition) is 4. The molecule has 0 saturated carbocycles. The fourth-order valence-electron chi connectivity index (χ4n) is 6.60. The maximum absolute atomic E-state index is 14.0. The van der Waals surface area contributed by atoms with E-state index in [0.717, 1.165) is 52.4 Å². The Balaban J connectivity index is 1.27. The van der Waals surface area contributed by atoms with Gasteiger partial charge in [0.25, 0.3) is 0 Å². The number of carbonyl (C=O) groups excluding carboxylic acids is 3. The summed E-state index contributed by atoms with van der Waals surface area (Å²) in [5.41, 5.74) is 7.21. The molecular weight excluding hydrogens is 647 g/mol. The van der Waals surface area contributed by atoms with Crippen LogP contribution < -0.4 is 10.6 Å². The maximum Gasteiger partial charge on any atom is 0.307 e. The molecule has 1 aromatic heterocycles. The van der Waals surface area contributed by atoms with Crippen LogP contribution in [0.15, 0.2) is 109 Å². The number of ether oxygens (including phenoxy) is 1. The van der Waals surface area contributed by atoms with Gasteiger partial charge in [-0.25, -0.2) is 0 Å². The summed E-state index contributed by atoms with van der Waals surface area (Å²) in [5.74, 6) is -1.66. The first-order valence-electron chi connectivity index (χ1n) is 18.6. The highest BCUT2D eigenvalue weighted by Gasteiger charge is 2.29. The number of aromatic nitrogens is 1. The zero-order chi connectivity index (χ0) is 36.9. The number of carbonyl (C=O) groups is 3. The van der Waals surface area contributed by atoms with Crippen LogP contribution in [0.5, 0.6) is 0 Å². The van der Waals surface area contributed by atoms with Crippen LogP contribution in [-0.2, 0) is 44.8 Å². The van der Waals surface area contributed by atoms with Crippen LogP contribution in [0.25, 0.3) is 22.0 Å². The Bertz CT molecular complexity index is 1890. The summed E-state index contributed by atoms with van der Waals surface area (Å²) in [4.78, 5) is 44.1. The molecule has 5 rings (SSSR count). The second-order valence-electron chi connectivity index (χ2n) is 14.7. The fraction of sp³-hybridized carbons (Fsp3) is 0.356. The van der Waals surface area contributed by atoms with Crippen molar-refractivity contribution in [2.45, 2.75) is 90.7 Å². The third-order valence-electron chi connectivity index (χ3n) is 9.29. The van der Waals surface area contributed by atoms with Gasteiger partial charge >= 0.3 is 5.97 Å². The smallest absolute Gasteiger partial charge is 0.307 e. The average molecular weight is 700 g/mol. The number of H-pyrrole nitrogens is 1. The van der Waals surface area contributed by atoms with Crippen LogP contribution in [0.1, 0.15) is 75.6 Å². The van der Waals surface area contributed by atoms with E-state index >= 15 is 0 Å². The van der Waals surface area contributed by atoms with Gasteiger partial charge in [0.1, 0.15) is 11.6 Å². The number of amides is 2. The largest absolute Gasteiger partial charge is 0.460 e. The molecule has 0 radical (unpaired) electrons. The van der Waals surface area contributed by atoms with E-state index < -0.39 is 23.5 Å². The van der Waals surface area contributed by atoms with Gasteiger partial charge in [-0.15, -0.1) is 0 Å². The van der Waals surface area contributed by atoms with Crippen molar-refractivity contribution in [1.29, 1.82) is 0 Å². The molecule has 5 aromatic rings. The van der Waals surface area contributed by atoms with Gasteiger partial charge < -0.3 is 20.4 Å². The minimum atomic E-state index is -0.827. The van der Waals surface area contributed by atoms with Crippen molar-refractivity contribution >= 4 is 28.7 Å². The SMILES string of the molecule is CCCc1ccc(-c2ccc(CCCC(CC(=O)OC(C)(C)C)C(=O)NC(Cc3c[nH]c4ccccc34)C(=O)NCCc3ccccc3)cc2)cc1. The summed E-state index contributed by atoms with van der Waals surface area (Å²) < 4.78 is 5.64. The lowest BCUT2D eigenvalue weighted by Gasteiger charge is -2.24. The number of fused-ring (bicyclic) bond motifs is 1. The van der Waals surface area contributed by atoms with E-state index in [2.05, 4.69) is 71.1 Å². The zero-order valence-electron chi connectivity index (χ0n) is 31.0. The van der Waals surface area contributed by atoms with Crippen molar-refractivity contribution < 1.29 is 19.1 Å². The lowest BCUT2D eigenvalue weighted by molar-refractivity contribution is -0.157. The van der Waals surface area contributed by atoms with Crippen molar-refractivity contribution in [3.8, 4) is 11.1 Å². The first kappa shape index (κ1) is 38.1. The summed E-state index contributed by atoms with van der Waals surface area (Å²) in [6.45, 7) is 8.09. The number of benzene rings is 4. The first-order valence-corrected chi connectivity index (χ1v) is 18.6. The number of para-hydroxylation sites is 1. The second-order valence-corrected chi connectivity index (χ2v) is 14.7. The highest BCUT2D eigenvalue weighted by molar-refractivity contribution is 5.91. The quantitative estimate of drug-likeness (QED) is 0.0848. The number of aromatic amines is 1. The molecule has 7 nitrogen and oxygen atoms in total. The van der Waals surface area contributed by atoms with Crippen molar-refractivity contribution in [1.82, 2.24) is 15.6 Å². The molecule has 0 fully saturated rings. The molecule has 2 amide bonds. The molecule has 0 aliphatic rings. The average Bonchev–Trinajstić information content (AvgIpc) is 3.54. The van der Waals surface area contributed by atoms with Gasteiger partial charge in [-0.1, -0.05) is 110 Å². The molecule has 0 aliphatic carbocycles. The molecule has 0 bridgehead atoms. The minimum Gasteiger partial charge on any atom is -0.460 e. The molecule has 3 N–H and O–H groups in total. The van der Waals surface area contributed by atoms with Gasteiger partial charge in [0.15, 0.2) is 0 Å². The molecule has 0 aliphatic heterocycles. The molecule has 52 heavy (non-hydrogen) atoms. The van der Waals surface area contributed by atoms with Crippen LogP contribution >= 0.6 is 0 Å². The molecule has 2 unspecified atom stereocenters. The Hall–Kier alpha value is -5.17. The molecule has 272 valence electrons. The van der Waals surface area contributed by atoms with Crippen molar-refractivity contribution in [2.75, 3.05) is 6.54 Å². The third-order valence-corrected chi connectivity index (χ3v) is 9.29. The van der Waals surface area contributed by atoms with Crippen molar-refractivity contribution in [3.63, 3.8) is 0 Å². The Morgan fingerprint density at radius 2 is 1.35 bits per heavy atom. The Morgan fingerprint density at radius 3 is 2.00 bits per heavy atom. The molecule has 4 aromatic carbocycles. The van der Waals surface area contributed by atoms with Gasteiger partial charge in [0, 0.05) is 36.0 Å². The summed E-state index contributed by atoms with van der Waals surface area (Å²) in [6.07, 6.45) is 6.95. The standard InChI is InChI=1S/C45H53N3O4/c1-5-12-32-19-23-35(24-20-32)36-25-21-34(22-26-36)15-11-16-37(30-42(49)52-45(2,3)4)43(50)48-41(29-38-31-47-40-18-10-9-17-39(38)40)44(51)46-28-27-33-13-7-6-8-14-33/h6-10,13-14,17-26,31,37,41,47H,5,11-12,15-16,27-30H2,1-4H3,(H,46,51)(H,48,50). The van der Waals surface area contributed by atoms with Gasteiger partial charge in [0.05, 0.1) is 6.42 Å². The molecular formula is C45H53N3O4.